The molecular weight excluding hydrogens is 334 g/mol. The van der Waals surface area contributed by atoms with Crippen LogP contribution >= 0.6 is 11.3 Å². The number of rotatable bonds is 6. The highest BCUT2D eigenvalue weighted by Gasteiger charge is 2.18. The van der Waals surface area contributed by atoms with E-state index < -0.39 is 0 Å². The smallest absolute Gasteiger partial charge is 0.197 e. The molecule has 0 bridgehead atoms. The van der Waals surface area contributed by atoms with Gasteiger partial charge in [-0.3, -0.25) is 4.40 Å². The van der Waals surface area contributed by atoms with Gasteiger partial charge in [-0.25, -0.2) is 4.98 Å². The van der Waals surface area contributed by atoms with Gasteiger partial charge >= 0.3 is 0 Å². The molecule has 0 aliphatic heterocycles. The second-order valence-corrected chi connectivity index (χ2v) is 6.65. The Morgan fingerprint density at radius 3 is 2.64 bits per heavy atom. The normalized spacial score (nSPS) is 11.3. The zero-order chi connectivity index (χ0) is 17.2. The van der Waals surface area contributed by atoms with Crippen LogP contribution in [0.25, 0.3) is 26.4 Å². The Labute approximate surface area is 149 Å². The van der Waals surface area contributed by atoms with Crippen molar-refractivity contribution in [1.82, 2.24) is 9.38 Å². The summed E-state index contributed by atoms with van der Waals surface area (Å²) in [7, 11) is 3.38. The van der Waals surface area contributed by atoms with Gasteiger partial charge < -0.3 is 14.8 Å². The largest absolute Gasteiger partial charge is 0.497 e. The van der Waals surface area contributed by atoms with E-state index in [0.717, 1.165) is 39.8 Å². The van der Waals surface area contributed by atoms with E-state index in [1.165, 1.54) is 4.70 Å². The fourth-order valence-electron chi connectivity index (χ4n) is 2.90. The SMILES string of the molecule is COCCNc1c(-c2ccc(OC)cc2)nc2sc3ccccc3n12. The number of para-hydroxylation sites is 1. The van der Waals surface area contributed by atoms with Crippen LogP contribution in [0.4, 0.5) is 5.82 Å². The Bertz CT molecular complexity index is 1000. The molecule has 0 aliphatic carbocycles. The first-order chi connectivity index (χ1) is 12.3. The number of ether oxygens (including phenoxy) is 2. The molecule has 4 aromatic rings. The van der Waals surface area contributed by atoms with Crippen LogP contribution in [0.5, 0.6) is 5.75 Å². The minimum Gasteiger partial charge on any atom is -0.497 e. The molecule has 1 N–H and O–H groups in total. The Morgan fingerprint density at radius 1 is 1.08 bits per heavy atom. The van der Waals surface area contributed by atoms with Crippen molar-refractivity contribution in [2.75, 3.05) is 32.7 Å². The van der Waals surface area contributed by atoms with E-state index in [0.29, 0.717) is 6.61 Å². The molecule has 0 aliphatic rings. The fourth-order valence-corrected chi connectivity index (χ4v) is 3.93. The Balaban J connectivity index is 1.88. The molecule has 0 saturated heterocycles. The number of nitrogens with one attached hydrogen (secondary N) is 1. The van der Waals surface area contributed by atoms with E-state index in [9.17, 15) is 0 Å². The Morgan fingerprint density at radius 2 is 1.88 bits per heavy atom. The fraction of sp³-hybridized carbons (Fsp3) is 0.211. The quantitative estimate of drug-likeness (QED) is 0.526. The molecule has 0 unspecified atom stereocenters. The predicted molar refractivity (Wildman–Crippen MR) is 103 cm³/mol. The van der Waals surface area contributed by atoms with Crippen molar-refractivity contribution in [3.8, 4) is 17.0 Å². The van der Waals surface area contributed by atoms with E-state index in [4.69, 9.17) is 14.5 Å². The lowest BCUT2D eigenvalue weighted by atomic mass is 10.1. The summed E-state index contributed by atoms with van der Waals surface area (Å²) >= 11 is 1.69. The minimum absolute atomic E-state index is 0.636. The molecule has 2 aromatic carbocycles. The highest BCUT2D eigenvalue weighted by Crippen LogP contribution is 2.36. The zero-order valence-electron chi connectivity index (χ0n) is 14.2. The standard InChI is InChI=1S/C19H19N3O2S/c1-23-12-11-20-18-17(13-7-9-14(24-2)10-8-13)21-19-22(18)15-5-3-4-6-16(15)25-19/h3-10,20H,11-12H2,1-2H3. The molecule has 0 spiro atoms. The van der Waals surface area contributed by atoms with Crippen molar-refractivity contribution >= 4 is 32.3 Å². The van der Waals surface area contributed by atoms with Crippen molar-refractivity contribution in [1.29, 1.82) is 0 Å². The van der Waals surface area contributed by atoms with Crippen molar-refractivity contribution in [3.63, 3.8) is 0 Å². The van der Waals surface area contributed by atoms with Gasteiger partial charge in [0.15, 0.2) is 4.96 Å². The summed E-state index contributed by atoms with van der Waals surface area (Å²) in [6, 6.07) is 16.4. The molecule has 6 heteroatoms. The van der Waals surface area contributed by atoms with E-state index in [2.05, 4.69) is 34.0 Å². The molecule has 4 rings (SSSR count). The van der Waals surface area contributed by atoms with Crippen LogP contribution in [0, 0.1) is 0 Å². The first-order valence-corrected chi connectivity index (χ1v) is 8.90. The predicted octanol–water partition coefficient (Wildman–Crippen LogP) is 4.28. The number of fused-ring (bicyclic) bond motifs is 3. The summed E-state index contributed by atoms with van der Waals surface area (Å²) in [6.07, 6.45) is 0. The summed E-state index contributed by atoms with van der Waals surface area (Å²) in [5.74, 6) is 1.83. The van der Waals surface area contributed by atoms with Gasteiger partial charge in [0.05, 0.1) is 23.9 Å². The maximum absolute atomic E-state index is 5.26. The second kappa shape index (κ2) is 6.74. The number of hydrogen-bond donors (Lipinski definition) is 1. The van der Waals surface area contributed by atoms with Crippen LogP contribution in [0.3, 0.4) is 0 Å². The number of aromatic nitrogens is 2. The monoisotopic (exact) mass is 353 g/mol. The number of thiazole rings is 1. The summed E-state index contributed by atoms with van der Waals surface area (Å²) in [5.41, 5.74) is 3.16. The second-order valence-electron chi connectivity index (χ2n) is 5.64. The number of benzene rings is 2. The van der Waals surface area contributed by atoms with Gasteiger partial charge in [0.25, 0.3) is 0 Å². The van der Waals surface area contributed by atoms with E-state index >= 15 is 0 Å². The lowest BCUT2D eigenvalue weighted by molar-refractivity contribution is 0.210. The Kier molecular flexibility index (Phi) is 4.29. The molecule has 2 aromatic heterocycles. The third-order valence-electron chi connectivity index (χ3n) is 4.12. The molecule has 0 saturated carbocycles. The maximum atomic E-state index is 5.26. The minimum atomic E-state index is 0.636. The van der Waals surface area contributed by atoms with Gasteiger partial charge in [0.2, 0.25) is 0 Å². The van der Waals surface area contributed by atoms with Crippen molar-refractivity contribution in [2.45, 2.75) is 0 Å². The highest BCUT2D eigenvalue weighted by molar-refractivity contribution is 7.23. The molecule has 25 heavy (non-hydrogen) atoms. The number of methoxy groups -OCH3 is 2. The van der Waals surface area contributed by atoms with Gasteiger partial charge in [0, 0.05) is 19.2 Å². The number of imidazole rings is 1. The lowest BCUT2D eigenvalue weighted by Crippen LogP contribution is -2.09. The molecule has 0 amide bonds. The average Bonchev–Trinajstić information content (AvgIpc) is 3.18. The molecule has 5 nitrogen and oxygen atoms in total. The topological polar surface area (TPSA) is 47.8 Å². The summed E-state index contributed by atoms with van der Waals surface area (Å²) in [4.78, 5) is 5.87. The number of nitrogens with zero attached hydrogens (tertiary/aromatic N) is 2. The van der Waals surface area contributed by atoms with Gasteiger partial charge in [0.1, 0.15) is 17.3 Å². The third kappa shape index (κ3) is 2.83. The van der Waals surface area contributed by atoms with E-state index in [1.54, 1.807) is 25.6 Å². The van der Waals surface area contributed by atoms with Crippen molar-refractivity contribution in [2.24, 2.45) is 0 Å². The van der Waals surface area contributed by atoms with Gasteiger partial charge in [-0.15, -0.1) is 0 Å². The first-order valence-electron chi connectivity index (χ1n) is 8.09. The third-order valence-corrected chi connectivity index (χ3v) is 5.14. The summed E-state index contributed by atoms with van der Waals surface area (Å²) in [6.45, 7) is 1.36. The zero-order valence-corrected chi connectivity index (χ0v) is 15.0. The van der Waals surface area contributed by atoms with Crippen LogP contribution in [-0.4, -0.2) is 36.8 Å². The molecule has 2 heterocycles. The molecule has 0 atom stereocenters. The van der Waals surface area contributed by atoms with Crippen LogP contribution < -0.4 is 10.1 Å². The Hall–Kier alpha value is -2.57. The summed E-state index contributed by atoms with van der Waals surface area (Å²) < 4.78 is 13.9. The van der Waals surface area contributed by atoms with Crippen LogP contribution in [-0.2, 0) is 4.74 Å². The summed E-state index contributed by atoms with van der Waals surface area (Å²) in [5, 5.41) is 3.49. The highest BCUT2D eigenvalue weighted by atomic mass is 32.1. The van der Waals surface area contributed by atoms with Crippen LogP contribution in [0.2, 0.25) is 0 Å². The van der Waals surface area contributed by atoms with E-state index in [1.807, 2.05) is 24.3 Å². The van der Waals surface area contributed by atoms with E-state index in [-0.39, 0.29) is 0 Å². The van der Waals surface area contributed by atoms with Gasteiger partial charge in [-0.1, -0.05) is 23.5 Å². The lowest BCUT2D eigenvalue weighted by Gasteiger charge is -2.09. The van der Waals surface area contributed by atoms with Crippen molar-refractivity contribution < 1.29 is 9.47 Å². The molecule has 0 radical (unpaired) electrons. The maximum Gasteiger partial charge on any atom is 0.197 e. The molecule has 128 valence electrons. The van der Waals surface area contributed by atoms with Crippen LogP contribution in [0.15, 0.2) is 48.5 Å². The molecular formula is C19H19N3O2S. The van der Waals surface area contributed by atoms with Crippen LogP contribution in [0.1, 0.15) is 0 Å². The van der Waals surface area contributed by atoms with Gasteiger partial charge in [-0.2, -0.15) is 0 Å². The van der Waals surface area contributed by atoms with Crippen molar-refractivity contribution in [3.05, 3.63) is 48.5 Å². The number of anilines is 1. The van der Waals surface area contributed by atoms with Gasteiger partial charge in [-0.05, 0) is 36.4 Å². The number of hydrogen-bond acceptors (Lipinski definition) is 5. The molecule has 0 fully saturated rings. The average molecular weight is 353 g/mol. The first kappa shape index (κ1) is 15.9.